The topological polar surface area (TPSA) is 107 Å². The van der Waals surface area contributed by atoms with Crippen molar-refractivity contribution in [2.75, 3.05) is 12.3 Å². The first-order chi connectivity index (χ1) is 5.33. The van der Waals surface area contributed by atoms with Gasteiger partial charge in [-0.1, -0.05) is 0 Å². The molecule has 0 aromatic carbocycles. The second kappa shape index (κ2) is 4.73. The third-order valence-electron chi connectivity index (χ3n) is 1.27. The van der Waals surface area contributed by atoms with Gasteiger partial charge in [0.25, 0.3) is 10.1 Å². The molecule has 0 bridgehead atoms. The highest BCUT2D eigenvalue weighted by molar-refractivity contribution is 7.85. The zero-order valence-electron chi connectivity index (χ0n) is 6.64. The maximum absolute atomic E-state index is 10.2. The maximum Gasteiger partial charge on any atom is 0.266 e. The monoisotopic (exact) mass is 199 g/mol. The van der Waals surface area contributed by atoms with E-state index in [1.165, 1.54) is 6.92 Å². The van der Waals surface area contributed by atoms with Crippen LogP contribution in [0.5, 0.6) is 0 Å². The van der Waals surface area contributed by atoms with Crippen molar-refractivity contribution in [1.29, 1.82) is 0 Å². The molecule has 74 valence electrons. The summed E-state index contributed by atoms with van der Waals surface area (Å²) in [5.74, 6) is -0.440. The summed E-state index contributed by atoms with van der Waals surface area (Å²) in [6.45, 7) is 1.46. The zero-order valence-corrected chi connectivity index (χ0v) is 7.45. The van der Waals surface area contributed by atoms with Crippen LogP contribution >= 0.6 is 0 Å². The smallest absolute Gasteiger partial charge is 0.266 e. The predicted molar refractivity (Wildman–Crippen MR) is 42.1 cm³/mol. The van der Waals surface area contributed by atoms with Crippen LogP contribution in [-0.4, -0.2) is 47.8 Å². The molecule has 4 N–H and O–H groups in total. The largest absolute Gasteiger partial charge is 0.367 e. The Labute approximate surface area is 71.0 Å². The Morgan fingerprint density at radius 3 is 2.25 bits per heavy atom. The Bertz CT molecular complexity index is 212. The number of hydrogen-bond acceptors (Lipinski definition) is 5. The lowest BCUT2D eigenvalue weighted by atomic mass is 10.3. The van der Waals surface area contributed by atoms with Crippen molar-refractivity contribution in [3.05, 3.63) is 0 Å². The average molecular weight is 199 g/mol. The molecule has 0 aromatic heterocycles. The van der Waals surface area contributed by atoms with Crippen molar-refractivity contribution in [2.45, 2.75) is 19.3 Å². The Morgan fingerprint density at radius 2 is 1.92 bits per heavy atom. The first-order valence-corrected chi connectivity index (χ1v) is 4.98. The van der Waals surface area contributed by atoms with Gasteiger partial charge in [-0.2, -0.15) is 8.42 Å². The summed E-state index contributed by atoms with van der Waals surface area (Å²) < 4.78 is 28.6. The van der Waals surface area contributed by atoms with Gasteiger partial charge in [-0.3, -0.25) is 4.55 Å². The van der Waals surface area contributed by atoms with Crippen LogP contribution in [0.4, 0.5) is 0 Å². The second-order valence-corrected chi connectivity index (χ2v) is 4.01. The summed E-state index contributed by atoms with van der Waals surface area (Å²) in [6, 6.07) is -0.619. The third-order valence-corrected chi connectivity index (χ3v) is 1.99. The normalized spacial score (nSPS) is 15.1. The Morgan fingerprint density at radius 1 is 1.42 bits per heavy atom. The van der Waals surface area contributed by atoms with Crippen LogP contribution in [0.15, 0.2) is 0 Å². The quantitative estimate of drug-likeness (QED) is 0.306. The molecule has 0 spiro atoms. The molecular weight excluding hydrogens is 186 g/mol. The van der Waals surface area contributed by atoms with Crippen molar-refractivity contribution in [3.63, 3.8) is 0 Å². The molecule has 0 rings (SSSR count). The fourth-order valence-corrected chi connectivity index (χ4v) is 0.897. The van der Waals surface area contributed by atoms with E-state index in [2.05, 4.69) is 5.32 Å². The Kier molecular flexibility index (Phi) is 4.64. The van der Waals surface area contributed by atoms with Crippen LogP contribution in [0.3, 0.4) is 0 Å². The molecule has 0 heterocycles. The predicted octanol–water partition coefficient (Wildman–Crippen LogP) is -1.84. The van der Waals surface area contributed by atoms with Gasteiger partial charge >= 0.3 is 0 Å². The number of hydrogen-bond donors (Lipinski definition) is 4. The molecule has 0 fully saturated rings. The SMILES string of the molecule is C[C@@H](NCCS(=O)(=O)O)C(O)O. The lowest BCUT2D eigenvalue weighted by molar-refractivity contribution is -0.0620. The molecule has 0 saturated carbocycles. The van der Waals surface area contributed by atoms with E-state index < -0.39 is 28.2 Å². The van der Waals surface area contributed by atoms with E-state index in [1.54, 1.807) is 0 Å². The standard InChI is InChI=1S/C5H13NO5S/c1-4(5(7)8)6-2-3-12(9,10)11/h4-8H,2-3H2,1H3,(H,9,10,11)/t4-/m1/s1. The van der Waals surface area contributed by atoms with Gasteiger partial charge in [-0.05, 0) is 6.92 Å². The van der Waals surface area contributed by atoms with Crippen LogP contribution in [0.25, 0.3) is 0 Å². The Hall–Kier alpha value is -0.210. The lowest BCUT2D eigenvalue weighted by Gasteiger charge is -2.14. The van der Waals surface area contributed by atoms with Gasteiger partial charge < -0.3 is 15.5 Å². The number of aliphatic hydroxyl groups excluding tert-OH is 1. The van der Waals surface area contributed by atoms with Crippen molar-refractivity contribution in [1.82, 2.24) is 5.32 Å². The van der Waals surface area contributed by atoms with E-state index in [0.29, 0.717) is 0 Å². The second-order valence-electron chi connectivity index (χ2n) is 2.44. The van der Waals surface area contributed by atoms with Gasteiger partial charge in [0.2, 0.25) is 0 Å². The van der Waals surface area contributed by atoms with Crippen molar-refractivity contribution in [3.8, 4) is 0 Å². The maximum atomic E-state index is 10.2. The minimum absolute atomic E-state index is 0.0162. The lowest BCUT2D eigenvalue weighted by Crippen LogP contribution is -2.39. The highest BCUT2D eigenvalue weighted by atomic mass is 32.2. The van der Waals surface area contributed by atoms with Crippen molar-refractivity contribution < 1.29 is 23.2 Å². The fraction of sp³-hybridized carbons (Fsp3) is 1.00. The van der Waals surface area contributed by atoms with E-state index in [4.69, 9.17) is 14.8 Å². The number of rotatable bonds is 5. The van der Waals surface area contributed by atoms with Crippen LogP contribution < -0.4 is 5.32 Å². The van der Waals surface area contributed by atoms with Crippen LogP contribution in [-0.2, 0) is 10.1 Å². The van der Waals surface area contributed by atoms with Crippen LogP contribution in [0.2, 0.25) is 0 Å². The molecule has 7 heteroatoms. The molecule has 0 amide bonds. The zero-order chi connectivity index (χ0) is 9.78. The minimum atomic E-state index is -3.97. The average Bonchev–Trinajstić information content (AvgIpc) is 1.84. The molecule has 0 aromatic rings. The summed E-state index contributed by atoms with van der Waals surface area (Å²) in [5, 5.41) is 19.6. The summed E-state index contributed by atoms with van der Waals surface area (Å²) in [6.07, 6.45) is -1.54. The molecule has 0 radical (unpaired) electrons. The molecule has 0 aliphatic rings. The summed E-state index contributed by atoms with van der Waals surface area (Å²) in [7, 11) is -3.97. The van der Waals surface area contributed by atoms with Gasteiger partial charge in [-0.15, -0.1) is 0 Å². The minimum Gasteiger partial charge on any atom is -0.367 e. The van der Waals surface area contributed by atoms with Gasteiger partial charge in [0.05, 0.1) is 11.8 Å². The summed E-state index contributed by atoms with van der Waals surface area (Å²) in [4.78, 5) is 0. The number of aliphatic hydroxyl groups is 2. The van der Waals surface area contributed by atoms with Gasteiger partial charge in [0.1, 0.15) is 0 Å². The van der Waals surface area contributed by atoms with Crippen molar-refractivity contribution in [2.24, 2.45) is 0 Å². The fourth-order valence-electron chi connectivity index (χ4n) is 0.521. The molecule has 6 nitrogen and oxygen atoms in total. The number of nitrogens with one attached hydrogen (secondary N) is 1. The van der Waals surface area contributed by atoms with Gasteiger partial charge in [0.15, 0.2) is 6.29 Å². The van der Waals surface area contributed by atoms with E-state index in [9.17, 15) is 8.42 Å². The van der Waals surface area contributed by atoms with Gasteiger partial charge in [-0.25, -0.2) is 0 Å². The van der Waals surface area contributed by atoms with Crippen LogP contribution in [0, 0.1) is 0 Å². The molecule has 0 aliphatic heterocycles. The Balaban J connectivity index is 3.58. The van der Waals surface area contributed by atoms with E-state index in [0.717, 1.165) is 0 Å². The van der Waals surface area contributed by atoms with E-state index >= 15 is 0 Å². The molecule has 0 aliphatic carbocycles. The van der Waals surface area contributed by atoms with Crippen LogP contribution in [0.1, 0.15) is 6.92 Å². The summed E-state index contributed by atoms with van der Waals surface area (Å²) in [5.41, 5.74) is 0. The highest BCUT2D eigenvalue weighted by Crippen LogP contribution is 1.87. The van der Waals surface area contributed by atoms with Gasteiger partial charge in [0, 0.05) is 6.54 Å². The van der Waals surface area contributed by atoms with E-state index in [1.807, 2.05) is 0 Å². The third kappa shape index (κ3) is 6.50. The first-order valence-electron chi connectivity index (χ1n) is 3.37. The first kappa shape index (κ1) is 11.8. The molecule has 12 heavy (non-hydrogen) atoms. The van der Waals surface area contributed by atoms with Crippen molar-refractivity contribution >= 4 is 10.1 Å². The summed E-state index contributed by atoms with van der Waals surface area (Å²) >= 11 is 0. The molecule has 1 atom stereocenters. The van der Waals surface area contributed by atoms with E-state index in [-0.39, 0.29) is 6.54 Å². The molecular formula is C5H13NO5S. The molecule has 0 saturated heterocycles. The highest BCUT2D eigenvalue weighted by Gasteiger charge is 2.10. The molecule has 0 unspecified atom stereocenters.